The summed E-state index contributed by atoms with van der Waals surface area (Å²) in [5.41, 5.74) is 5.30. The normalized spacial score (nSPS) is 10.8. The Morgan fingerprint density at radius 2 is 2.06 bits per heavy atom. The number of hydrogen-bond acceptors (Lipinski definition) is 4. The van der Waals surface area contributed by atoms with Gasteiger partial charge in [0.05, 0.1) is 12.0 Å². The predicted octanol–water partition coefficient (Wildman–Crippen LogP) is 1.51. The molecule has 0 radical (unpaired) electrons. The number of nitrogens with two attached hydrogens (primary N) is 1. The van der Waals surface area contributed by atoms with Gasteiger partial charge >= 0.3 is 0 Å². The highest BCUT2D eigenvalue weighted by molar-refractivity contribution is 9.10. The van der Waals surface area contributed by atoms with E-state index < -0.39 is 10.0 Å². The third-order valence-electron chi connectivity index (χ3n) is 2.06. The number of ether oxygens (including phenoxy) is 1. The fourth-order valence-corrected chi connectivity index (χ4v) is 2.96. The molecular formula is C10H16BrClN2O3S. The Bertz CT molecular complexity index is 482. The summed E-state index contributed by atoms with van der Waals surface area (Å²) < 4.78 is 31.9. The molecule has 0 bridgehead atoms. The number of benzene rings is 1. The Kier molecular flexibility index (Phi) is 7.81. The maximum Gasteiger partial charge on any atom is 0.240 e. The van der Waals surface area contributed by atoms with E-state index >= 15 is 0 Å². The molecule has 0 aliphatic carbocycles. The molecule has 5 nitrogen and oxygen atoms in total. The summed E-state index contributed by atoms with van der Waals surface area (Å²) in [5, 5.41) is 0. The molecule has 1 rings (SSSR count). The van der Waals surface area contributed by atoms with Crippen LogP contribution in [0.15, 0.2) is 27.6 Å². The van der Waals surface area contributed by atoms with Crippen LogP contribution < -0.4 is 15.2 Å². The van der Waals surface area contributed by atoms with Crippen molar-refractivity contribution in [1.82, 2.24) is 4.72 Å². The van der Waals surface area contributed by atoms with Crippen molar-refractivity contribution in [3.05, 3.63) is 22.7 Å². The monoisotopic (exact) mass is 358 g/mol. The fraction of sp³-hybridized carbons (Fsp3) is 0.400. The highest BCUT2D eigenvalue weighted by Gasteiger charge is 2.15. The van der Waals surface area contributed by atoms with Gasteiger partial charge in [-0.1, -0.05) is 15.9 Å². The minimum atomic E-state index is -3.50. The van der Waals surface area contributed by atoms with Gasteiger partial charge < -0.3 is 10.5 Å². The average molecular weight is 360 g/mol. The standard InChI is InChI=1S/C10H15BrN2O3S.ClH/c1-16-9-5-8(11)6-10(7-9)17(14,15)13-4-2-3-12;/h5-7,13H,2-4,12H2,1H3;1H. The van der Waals surface area contributed by atoms with Gasteiger partial charge in [0.1, 0.15) is 5.75 Å². The van der Waals surface area contributed by atoms with Crippen molar-refractivity contribution in [2.24, 2.45) is 5.73 Å². The van der Waals surface area contributed by atoms with E-state index in [9.17, 15) is 8.42 Å². The third-order valence-corrected chi connectivity index (χ3v) is 3.96. The number of nitrogens with one attached hydrogen (secondary N) is 1. The lowest BCUT2D eigenvalue weighted by Crippen LogP contribution is -2.26. The van der Waals surface area contributed by atoms with Gasteiger partial charge in [-0.05, 0) is 25.1 Å². The Labute approximate surface area is 122 Å². The third kappa shape index (κ3) is 5.11. The molecule has 0 atom stereocenters. The predicted molar refractivity (Wildman–Crippen MR) is 76.8 cm³/mol. The van der Waals surface area contributed by atoms with E-state index in [2.05, 4.69) is 20.7 Å². The molecule has 0 aliphatic rings. The first-order valence-electron chi connectivity index (χ1n) is 5.04. The van der Waals surface area contributed by atoms with Crippen LogP contribution >= 0.6 is 28.3 Å². The fourth-order valence-electron chi connectivity index (χ4n) is 1.20. The lowest BCUT2D eigenvalue weighted by atomic mass is 10.3. The van der Waals surface area contributed by atoms with Crippen molar-refractivity contribution < 1.29 is 13.2 Å². The second-order valence-corrected chi connectivity index (χ2v) is 6.05. The van der Waals surface area contributed by atoms with Gasteiger partial charge in [-0.3, -0.25) is 0 Å². The quantitative estimate of drug-likeness (QED) is 0.754. The molecule has 8 heteroatoms. The van der Waals surface area contributed by atoms with E-state index in [1.54, 1.807) is 6.07 Å². The van der Waals surface area contributed by atoms with Gasteiger partial charge in [0, 0.05) is 17.1 Å². The summed E-state index contributed by atoms with van der Waals surface area (Å²) in [4.78, 5) is 0.167. The van der Waals surface area contributed by atoms with Gasteiger partial charge in [0.2, 0.25) is 10.0 Å². The van der Waals surface area contributed by atoms with Crippen molar-refractivity contribution in [1.29, 1.82) is 0 Å². The van der Waals surface area contributed by atoms with E-state index in [1.807, 2.05) is 0 Å². The Morgan fingerprint density at radius 1 is 1.39 bits per heavy atom. The van der Waals surface area contributed by atoms with Crippen LogP contribution in [0, 0.1) is 0 Å². The van der Waals surface area contributed by atoms with E-state index in [-0.39, 0.29) is 17.3 Å². The van der Waals surface area contributed by atoms with Crippen LogP contribution in [-0.4, -0.2) is 28.6 Å². The number of hydrogen-bond donors (Lipinski definition) is 2. The number of halogens is 2. The zero-order valence-electron chi connectivity index (χ0n) is 9.85. The smallest absolute Gasteiger partial charge is 0.240 e. The van der Waals surface area contributed by atoms with Crippen molar-refractivity contribution in [2.75, 3.05) is 20.2 Å². The SMILES string of the molecule is COc1cc(Br)cc(S(=O)(=O)NCCCN)c1.Cl. The maximum absolute atomic E-state index is 11.9. The zero-order valence-corrected chi connectivity index (χ0v) is 13.1. The molecule has 0 fully saturated rings. The summed E-state index contributed by atoms with van der Waals surface area (Å²) in [6, 6.07) is 4.68. The zero-order chi connectivity index (χ0) is 12.9. The minimum absolute atomic E-state index is 0. The van der Waals surface area contributed by atoms with Crippen molar-refractivity contribution in [3.63, 3.8) is 0 Å². The molecule has 0 spiro atoms. The highest BCUT2D eigenvalue weighted by Crippen LogP contribution is 2.23. The van der Waals surface area contributed by atoms with Gasteiger partial charge in [-0.2, -0.15) is 0 Å². The Morgan fingerprint density at radius 3 is 2.61 bits per heavy atom. The molecule has 1 aromatic carbocycles. The largest absolute Gasteiger partial charge is 0.497 e. The molecule has 1 aromatic rings. The second kappa shape index (κ2) is 7.96. The van der Waals surface area contributed by atoms with Gasteiger partial charge in [0.15, 0.2) is 0 Å². The van der Waals surface area contributed by atoms with E-state index in [1.165, 1.54) is 19.2 Å². The molecule has 0 saturated carbocycles. The lowest BCUT2D eigenvalue weighted by Gasteiger charge is -2.08. The molecule has 0 amide bonds. The summed E-state index contributed by atoms with van der Waals surface area (Å²) in [5.74, 6) is 0.485. The number of sulfonamides is 1. The molecule has 0 saturated heterocycles. The molecule has 0 aliphatic heterocycles. The lowest BCUT2D eigenvalue weighted by molar-refractivity contribution is 0.413. The van der Waals surface area contributed by atoms with Crippen LogP contribution in [0.25, 0.3) is 0 Å². The Hall–Kier alpha value is -0.340. The van der Waals surface area contributed by atoms with Crippen LogP contribution in [0.1, 0.15) is 6.42 Å². The molecule has 3 N–H and O–H groups in total. The van der Waals surface area contributed by atoms with E-state index in [0.29, 0.717) is 29.7 Å². The van der Waals surface area contributed by atoms with Crippen LogP contribution in [-0.2, 0) is 10.0 Å². The van der Waals surface area contributed by atoms with Crippen molar-refractivity contribution in [2.45, 2.75) is 11.3 Å². The average Bonchev–Trinajstić information content (AvgIpc) is 2.28. The molecule has 0 unspecified atom stereocenters. The van der Waals surface area contributed by atoms with Crippen LogP contribution in [0.3, 0.4) is 0 Å². The van der Waals surface area contributed by atoms with Gasteiger partial charge in [-0.15, -0.1) is 12.4 Å². The highest BCUT2D eigenvalue weighted by atomic mass is 79.9. The van der Waals surface area contributed by atoms with E-state index in [4.69, 9.17) is 10.5 Å². The topological polar surface area (TPSA) is 81.4 Å². The summed E-state index contributed by atoms with van der Waals surface area (Å²) in [7, 11) is -2.02. The van der Waals surface area contributed by atoms with Crippen LogP contribution in [0.5, 0.6) is 5.75 Å². The van der Waals surface area contributed by atoms with E-state index in [0.717, 1.165) is 0 Å². The molecule has 0 heterocycles. The first kappa shape index (κ1) is 17.7. The van der Waals surface area contributed by atoms with Gasteiger partial charge in [0.25, 0.3) is 0 Å². The maximum atomic E-state index is 11.9. The van der Waals surface area contributed by atoms with Crippen LogP contribution in [0.4, 0.5) is 0 Å². The summed E-state index contributed by atoms with van der Waals surface area (Å²) in [6.07, 6.45) is 0.602. The number of methoxy groups -OCH3 is 1. The first-order valence-corrected chi connectivity index (χ1v) is 7.31. The van der Waals surface area contributed by atoms with Gasteiger partial charge in [-0.25, -0.2) is 13.1 Å². The molecule has 0 aromatic heterocycles. The summed E-state index contributed by atoms with van der Waals surface area (Å²) in [6.45, 7) is 0.776. The molecule has 18 heavy (non-hydrogen) atoms. The second-order valence-electron chi connectivity index (χ2n) is 3.37. The van der Waals surface area contributed by atoms with Crippen molar-refractivity contribution >= 4 is 38.4 Å². The Balaban J connectivity index is 0.00000289. The molecular weight excluding hydrogens is 344 g/mol. The van der Waals surface area contributed by atoms with Crippen molar-refractivity contribution in [3.8, 4) is 5.75 Å². The summed E-state index contributed by atoms with van der Waals surface area (Å²) >= 11 is 3.24. The first-order chi connectivity index (χ1) is 7.99. The van der Waals surface area contributed by atoms with Crippen LogP contribution in [0.2, 0.25) is 0 Å². The number of rotatable bonds is 6. The molecule has 104 valence electrons. The minimum Gasteiger partial charge on any atom is -0.497 e.